The molecule has 0 fully saturated rings. The van der Waals surface area contributed by atoms with E-state index in [4.69, 9.17) is 11.5 Å². The summed E-state index contributed by atoms with van der Waals surface area (Å²) in [5.74, 6) is 0.126. The van der Waals surface area contributed by atoms with Crippen molar-refractivity contribution in [2.45, 2.75) is 32.0 Å². The van der Waals surface area contributed by atoms with Crippen LogP contribution in [0.3, 0.4) is 0 Å². The third-order valence-corrected chi connectivity index (χ3v) is 5.09. The summed E-state index contributed by atoms with van der Waals surface area (Å²) in [6.07, 6.45) is 7.87. The van der Waals surface area contributed by atoms with Crippen molar-refractivity contribution < 1.29 is 14.2 Å². The second kappa shape index (κ2) is 9.55. The molecule has 0 aliphatic carbocycles. The molecule has 2 amide bonds. The van der Waals surface area contributed by atoms with Gasteiger partial charge in [-0.2, -0.15) is 0 Å². The van der Waals surface area contributed by atoms with Gasteiger partial charge in [-0.05, 0) is 30.0 Å². The summed E-state index contributed by atoms with van der Waals surface area (Å²) >= 11 is 0. The fraction of sp³-hybridized carbons (Fsp3) is 0.381. The molecule has 2 aliphatic rings. The number of carbonyl (C=O) groups is 2. The Balaban J connectivity index is 1.73. The lowest BCUT2D eigenvalue weighted by Crippen LogP contribution is -2.60. The second-order valence-corrected chi connectivity index (χ2v) is 7.09. The van der Waals surface area contributed by atoms with Crippen molar-refractivity contribution in [3.8, 4) is 0 Å². The minimum atomic E-state index is -0.734. The summed E-state index contributed by atoms with van der Waals surface area (Å²) in [6, 6.07) is 4.54. The third-order valence-electron chi connectivity index (χ3n) is 5.09. The van der Waals surface area contributed by atoms with Crippen LogP contribution in [0, 0.1) is 0 Å². The van der Waals surface area contributed by atoms with Gasteiger partial charge in [-0.1, -0.05) is 13.0 Å². The standard InChI is InChI=1S/C21H27N7O2/c1-3-15-6-5-9-28(21(15)30)19(23)17(11-24-2)26-20(29)16-7-4-8-18(25-16)27-12-14(10-22)13-27/h4,6-8,11-13,17,19H,3,5,9-10,22-23H2,1-2H3/p+1. The molecule has 0 saturated carbocycles. The Kier molecular flexibility index (Phi) is 6.86. The van der Waals surface area contributed by atoms with E-state index >= 15 is 0 Å². The highest BCUT2D eigenvalue weighted by Crippen LogP contribution is 2.17. The van der Waals surface area contributed by atoms with Crippen molar-refractivity contribution in [3.05, 3.63) is 47.3 Å². The van der Waals surface area contributed by atoms with Crippen LogP contribution in [0.1, 0.15) is 30.3 Å². The predicted octanol–water partition coefficient (Wildman–Crippen LogP) is 0.305. The second-order valence-electron chi connectivity index (χ2n) is 7.09. The Labute approximate surface area is 175 Å². The minimum absolute atomic E-state index is 0.101. The van der Waals surface area contributed by atoms with E-state index in [-0.39, 0.29) is 11.6 Å². The zero-order chi connectivity index (χ0) is 21.7. The van der Waals surface area contributed by atoms with Crippen molar-refractivity contribution in [1.82, 2.24) is 15.2 Å². The van der Waals surface area contributed by atoms with Crippen LogP contribution in [-0.2, 0) is 4.79 Å². The molecule has 0 aromatic carbocycles. The normalized spacial score (nSPS) is 18.3. The van der Waals surface area contributed by atoms with Crippen LogP contribution in [0.2, 0.25) is 0 Å². The maximum absolute atomic E-state index is 12.9. The van der Waals surface area contributed by atoms with E-state index in [9.17, 15) is 9.59 Å². The van der Waals surface area contributed by atoms with Crippen molar-refractivity contribution in [1.29, 1.82) is 0 Å². The molecule has 3 heterocycles. The van der Waals surface area contributed by atoms with Gasteiger partial charge in [-0.25, -0.2) is 4.58 Å². The lowest BCUT2D eigenvalue weighted by molar-refractivity contribution is -0.372. The van der Waals surface area contributed by atoms with Crippen molar-refractivity contribution >= 4 is 30.1 Å². The van der Waals surface area contributed by atoms with Crippen molar-refractivity contribution in [3.63, 3.8) is 0 Å². The molecule has 5 N–H and O–H groups in total. The molecule has 3 rings (SSSR count). The zero-order valence-corrected chi connectivity index (χ0v) is 17.3. The van der Waals surface area contributed by atoms with Crippen LogP contribution in [-0.4, -0.2) is 71.0 Å². The van der Waals surface area contributed by atoms with Crippen LogP contribution in [0.5, 0.6) is 0 Å². The van der Waals surface area contributed by atoms with Gasteiger partial charge in [0.1, 0.15) is 18.6 Å². The average Bonchev–Trinajstić information content (AvgIpc) is 2.72. The lowest BCUT2D eigenvalue weighted by atomic mass is 10.0. The summed E-state index contributed by atoms with van der Waals surface area (Å²) < 4.78 is 1.81. The quantitative estimate of drug-likeness (QED) is 0.419. The van der Waals surface area contributed by atoms with Crippen molar-refractivity contribution in [2.75, 3.05) is 20.1 Å². The van der Waals surface area contributed by atoms with E-state index in [1.165, 1.54) is 0 Å². The number of hydrogen-bond donors (Lipinski definition) is 3. The van der Waals surface area contributed by atoms with Gasteiger partial charge in [-0.15, -0.1) is 0 Å². The molecular formula is C21H28N7O2+. The monoisotopic (exact) mass is 410 g/mol. The lowest BCUT2D eigenvalue weighted by Gasteiger charge is -2.35. The summed E-state index contributed by atoms with van der Waals surface area (Å²) in [7, 11) is 1.60. The molecule has 9 heteroatoms. The molecule has 0 bridgehead atoms. The van der Waals surface area contributed by atoms with E-state index < -0.39 is 18.1 Å². The maximum Gasteiger partial charge on any atom is 0.328 e. The molecule has 0 saturated heterocycles. The first kappa shape index (κ1) is 21.5. The fourth-order valence-electron chi connectivity index (χ4n) is 3.40. The number of pyridine rings is 1. The third kappa shape index (κ3) is 4.52. The van der Waals surface area contributed by atoms with Crippen LogP contribution in [0.25, 0.3) is 0 Å². The van der Waals surface area contributed by atoms with Gasteiger partial charge >= 0.3 is 5.82 Å². The summed E-state index contributed by atoms with van der Waals surface area (Å²) in [6.45, 7) is 2.89. The first-order valence-corrected chi connectivity index (χ1v) is 9.98. The van der Waals surface area contributed by atoms with Gasteiger partial charge < -0.3 is 21.7 Å². The number of aliphatic imine (C=N–C) groups is 1. The molecule has 0 spiro atoms. The van der Waals surface area contributed by atoms with Gasteiger partial charge in [0.2, 0.25) is 5.69 Å². The number of carbonyl (C=O) groups excluding carboxylic acids is 2. The molecule has 2 aliphatic heterocycles. The summed E-state index contributed by atoms with van der Waals surface area (Å²) in [5.41, 5.74) is 13.9. The number of amides is 2. The largest absolute Gasteiger partial charge is 0.338 e. The van der Waals surface area contributed by atoms with Gasteiger partial charge in [0.25, 0.3) is 11.8 Å². The number of rotatable bonds is 8. The van der Waals surface area contributed by atoms with E-state index in [1.807, 2.05) is 25.4 Å². The number of aromatic nitrogens is 1. The van der Waals surface area contributed by atoms with Crippen LogP contribution < -0.4 is 16.8 Å². The maximum atomic E-state index is 12.9. The number of nitrogens with zero attached hydrogens (tertiary/aromatic N) is 4. The van der Waals surface area contributed by atoms with E-state index in [2.05, 4.69) is 15.3 Å². The first-order valence-electron chi connectivity index (χ1n) is 9.98. The topological polar surface area (TPSA) is 130 Å². The molecule has 9 nitrogen and oxygen atoms in total. The highest BCUT2D eigenvalue weighted by molar-refractivity contribution is 5.96. The SMILES string of the molecule is CCC1=CCCN(C(N)C(C=NC)NC(=O)c2cccc([N+]3=CC(CN)=C3)n2)C1=O. The number of nitrogens with one attached hydrogen (secondary N) is 1. The summed E-state index contributed by atoms with van der Waals surface area (Å²) in [5, 5.41) is 2.85. The van der Waals surface area contributed by atoms with Gasteiger partial charge in [0, 0.05) is 43.6 Å². The Bertz CT molecular complexity index is 948. The Morgan fingerprint density at radius 3 is 2.90 bits per heavy atom. The first-order chi connectivity index (χ1) is 14.5. The predicted molar refractivity (Wildman–Crippen MR) is 116 cm³/mol. The van der Waals surface area contributed by atoms with Crippen LogP contribution in [0.15, 0.2) is 46.6 Å². The van der Waals surface area contributed by atoms with E-state index in [0.29, 0.717) is 25.3 Å². The molecular weight excluding hydrogens is 382 g/mol. The molecule has 2 unspecified atom stereocenters. The van der Waals surface area contributed by atoms with Crippen LogP contribution in [0.4, 0.5) is 5.82 Å². The van der Waals surface area contributed by atoms with E-state index in [1.54, 1.807) is 40.9 Å². The zero-order valence-electron chi connectivity index (χ0n) is 17.3. The molecule has 0 radical (unpaired) electrons. The van der Waals surface area contributed by atoms with Gasteiger partial charge in [-0.3, -0.25) is 14.6 Å². The Hall–Kier alpha value is -3.17. The Morgan fingerprint density at radius 2 is 2.23 bits per heavy atom. The fourth-order valence-corrected chi connectivity index (χ4v) is 3.40. The van der Waals surface area contributed by atoms with Gasteiger partial charge in [0.05, 0.1) is 6.04 Å². The highest BCUT2D eigenvalue weighted by atomic mass is 16.2. The van der Waals surface area contributed by atoms with E-state index in [0.717, 1.165) is 17.6 Å². The smallest absolute Gasteiger partial charge is 0.328 e. The van der Waals surface area contributed by atoms with Crippen molar-refractivity contribution in [2.24, 2.45) is 16.5 Å². The molecule has 1 aromatic heterocycles. The van der Waals surface area contributed by atoms with Crippen LogP contribution >= 0.6 is 0 Å². The highest BCUT2D eigenvalue weighted by Gasteiger charge is 2.32. The minimum Gasteiger partial charge on any atom is -0.338 e. The Morgan fingerprint density at radius 1 is 1.47 bits per heavy atom. The van der Waals surface area contributed by atoms with Gasteiger partial charge in [0.15, 0.2) is 0 Å². The molecule has 30 heavy (non-hydrogen) atoms. The molecule has 158 valence electrons. The summed E-state index contributed by atoms with van der Waals surface area (Å²) in [4.78, 5) is 35.5. The average molecular weight is 411 g/mol. The number of hydrogen-bond acceptors (Lipinski definition) is 6. The molecule has 1 aromatic rings. The molecule has 2 atom stereocenters. The number of nitrogens with two attached hydrogens (primary N) is 2.